The molecule has 4 rings (SSSR count). The number of carbonyl (C=O) groups excluding carboxylic acids is 1. The van der Waals surface area contributed by atoms with E-state index >= 15 is 0 Å². The topological polar surface area (TPSA) is 87.1 Å². The number of carbonyl (C=O) groups is 1. The molecule has 2 unspecified atom stereocenters. The molecular formula is C22H26N4O2. The van der Waals surface area contributed by atoms with Crippen LogP contribution in [0.25, 0.3) is 16.3 Å². The number of hydrogen-bond donors (Lipinski definition) is 3. The Balaban J connectivity index is 1.54. The number of amides is 1. The first-order chi connectivity index (χ1) is 13.5. The van der Waals surface area contributed by atoms with E-state index in [0.29, 0.717) is 12.2 Å². The largest absolute Gasteiger partial charge is 0.391 e. The lowest BCUT2D eigenvalue weighted by molar-refractivity contribution is -0.122. The normalized spacial score (nSPS) is 20.6. The van der Waals surface area contributed by atoms with Gasteiger partial charge in [-0.1, -0.05) is 19.4 Å². The molecule has 0 spiro atoms. The summed E-state index contributed by atoms with van der Waals surface area (Å²) in [7, 11) is 0. The van der Waals surface area contributed by atoms with Gasteiger partial charge in [-0.05, 0) is 43.9 Å². The van der Waals surface area contributed by atoms with Crippen molar-refractivity contribution < 1.29 is 9.90 Å². The summed E-state index contributed by atoms with van der Waals surface area (Å²) in [5, 5.41) is 18.1. The smallest absolute Gasteiger partial charge is 0.228 e. The van der Waals surface area contributed by atoms with E-state index in [1.54, 1.807) is 6.20 Å². The molecule has 1 aliphatic heterocycles. The molecule has 1 amide bonds. The predicted molar refractivity (Wildman–Crippen MR) is 110 cm³/mol. The highest BCUT2D eigenvalue weighted by atomic mass is 16.3. The minimum Gasteiger partial charge on any atom is -0.391 e. The van der Waals surface area contributed by atoms with Crippen molar-refractivity contribution in [2.75, 3.05) is 5.32 Å². The van der Waals surface area contributed by atoms with Crippen molar-refractivity contribution in [2.45, 2.75) is 51.7 Å². The molecular weight excluding hydrogens is 352 g/mol. The van der Waals surface area contributed by atoms with E-state index in [0.717, 1.165) is 46.9 Å². The summed E-state index contributed by atoms with van der Waals surface area (Å²) in [6.07, 6.45) is 10.9. The number of anilines is 1. The first-order valence-electron chi connectivity index (χ1n) is 9.95. The molecule has 146 valence electrons. The maximum absolute atomic E-state index is 12.1. The van der Waals surface area contributed by atoms with E-state index < -0.39 is 6.10 Å². The Morgan fingerprint density at radius 1 is 1.29 bits per heavy atom. The Hall–Kier alpha value is -2.73. The second-order valence-corrected chi connectivity index (χ2v) is 7.68. The fourth-order valence-corrected chi connectivity index (χ4v) is 3.60. The number of fused-ring (bicyclic) bond motifs is 1. The molecule has 0 bridgehead atoms. The van der Waals surface area contributed by atoms with Crippen LogP contribution in [0.2, 0.25) is 0 Å². The fourth-order valence-electron chi connectivity index (χ4n) is 3.60. The molecule has 1 saturated carbocycles. The van der Waals surface area contributed by atoms with Gasteiger partial charge in [0.1, 0.15) is 5.82 Å². The molecule has 0 radical (unpaired) electrons. The fraction of sp³-hybridized carbons (Fsp3) is 0.409. The average molecular weight is 378 g/mol. The zero-order valence-electron chi connectivity index (χ0n) is 16.3. The molecule has 6 nitrogen and oxygen atoms in total. The van der Waals surface area contributed by atoms with E-state index in [2.05, 4.69) is 20.6 Å². The lowest BCUT2D eigenvalue weighted by Gasteiger charge is -2.25. The second-order valence-electron chi connectivity index (χ2n) is 7.68. The summed E-state index contributed by atoms with van der Waals surface area (Å²) in [5.41, 5.74) is 2.94. The lowest BCUT2D eigenvalue weighted by Crippen LogP contribution is -2.37. The third-order valence-corrected chi connectivity index (χ3v) is 5.71. The number of aliphatic hydroxyl groups is 1. The van der Waals surface area contributed by atoms with Crippen LogP contribution < -0.4 is 10.6 Å². The van der Waals surface area contributed by atoms with E-state index in [1.807, 2.05) is 44.5 Å². The number of aliphatic hydroxyl groups excluding tert-OH is 1. The number of aromatic nitrogens is 2. The van der Waals surface area contributed by atoms with Gasteiger partial charge in [-0.2, -0.15) is 0 Å². The molecule has 0 aromatic carbocycles. The summed E-state index contributed by atoms with van der Waals surface area (Å²) in [5.74, 6) is 0.768. The molecule has 2 aromatic heterocycles. The Bertz CT molecular complexity index is 962. The van der Waals surface area contributed by atoms with Crippen molar-refractivity contribution in [3.8, 4) is 0 Å². The van der Waals surface area contributed by atoms with Crippen LogP contribution in [0, 0.1) is 5.92 Å². The molecule has 1 fully saturated rings. The van der Waals surface area contributed by atoms with Crippen LogP contribution in [0.4, 0.5) is 5.82 Å². The highest BCUT2D eigenvalue weighted by Gasteiger charge is 2.25. The van der Waals surface area contributed by atoms with Crippen molar-refractivity contribution in [3.05, 3.63) is 48.1 Å². The van der Waals surface area contributed by atoms with Gasteiger partial charge in [0.15, 0.2) is 0 Å². The maximum atomic E-state index is 12.1. The Morgan fingerprint density at radius 3 is 2.71 bits per heavy atom. The minimum atomic E-state index is -0.407. The van der Waals surface area contributed by atoms with Crippen LogP contribution in [0.5, 0.6) is 0 Å². The molecule has 1 aliphatic carbocycles. The second kappa shape index (κ2) is 7.72. The first-order valence-corrected chi connectivity index (χ1v) is 9.95. The highest BCUT2D eigenvalue weighted by Crippen LogP contribution is 2.29. The van der Waals surface area contributed by atoms with Gasteiger partial charge in [-0.15, -0.1) is 0 Å². The number of nitrogens with zero attached hydrogens (tertiary/aromatic N) is 2. The number of hydrogen-bond acceptors (Lipinski definition) is 5. The van der Waals surface area contributed by atoms with Gasteiger partial charge in [0.05, 0.1) is 17.8 Å². The van der Waals surface area contributed by atoms with Gasteiger partial charge in [0.25, 0.3) is 0 Å². The van der Waals surface area contributed by atoms with Gasteiger partial charge in [0.2, 0.25) is 5.91 Å². The van der Waals surface area contributed by atoms with Gasteiger partial charge < -0.3 is 15.7 Å². The zero-order chi connectivity index (χ0) is 19.7. The molecule has 3 N–H and O–H groups in total. The van der Waals surface area contributed by atoms with Crippen molar-refractivity contribution in [3.63, 3.8) is 0 Å². The maximum Gasteiger partial charge on any atom is 0.228 e. The quantitative estimate of drug-likeness (QED) is 0.742. The number of rotatable bonds is 5. The Kier molecular flexibility index (Phi) is 5.13. The first kappa shape index (κ1) is 18.6. The molecule has 3 heterocycles. The van der Waals surface area contributed by atoms with Crippen LogP contribution in [0.3, 0.4) is 0 Å². The number of nitrogens with one attached hydrogen (secondary N) is 2. The van der Waals surface area contributed by atoms with Crippen molar-refractivity contribution in [1.82, 2.24) is 15.3 Å². The van der Waals surface area contributed by atoms with Gasteiger partial charge >= 0.3 is 0 Å². The van der Waals surface area contributed by atoms with E-state index in [9.17, 15) is 9.90 Å². The summed E-state index contributed by atoms with van der Waals surface area (Å²) < 4.78 is 0. The van der Waals surface area contributed by atoms with Crippen molar-refractivity contribution in [2.24, 2.45) is 5.92 Å². The van der Waals surface area contributed by atoms with Crippen LogP contribution >= 0.6 is 0 Å². The molecule has 2 aromatic rings. The van der Waals surface area contributed by atoms with Crippen LogP contribution in [0.1, 0.15) is 45.2 Å². The van der Waals surface area contributed by atoms with Crippen molar-refractivity contribution in [1.29, 1.82) is 0 Å². The van der Waals surface area contributed by atoms with E-state index in [-0.39, 0.29) is 17.9 Å². The lowest BCUT2D eigenvalue weighted by atomic mass is 9.85. The number of dihydropyridines is 1. The van der Waals surface area contributed by atoms with Crippen LogP contribution in [0.15, 0.2) is 42.4 Å². The SMILES string of the molecule is CCC(O)C1C=C(C)C(c2cc3cnc(NC(=O)C4CCC4)cc3cn2)=CN1. The molecule has 2 atom stereocenters. The minimum absolute atomic E-state index is 0.0608. The zero-order valence-corrected chi connectivity index (χ0v) is 16.3. The van der Waals surface area contributed by atoms with E-state index in [4.69, 9.17) is 0 Å². The van der Waals surface area contributed by atoms with Crippen LogP contribution in [-0.2, 0) is 4.79 Å². The molecule has 6 heteroatoms. The molecule has 0 saturated heterocycles. The molecule has 28 heavy (non-hydrogen) atoms. The average Bonchev–Trinajstić information content (AvgIpc) is 2.65. The summed E-state index contributed by atoms with van der Waals surface area (Å²) in [6, 6.07) is 3.80. The third-order valence-electron chi connectivity index (χ3n) is 5.71. The number of allylic oxidation sites excluding steroid dienone is 2. The summed E-state index contributed by atoms with van der Waals surface area (Å²) in [6.45, 7) is 4.00. The summed E-state index contributed by atoms with van der Waals surface area (Å²) >= 11 is 0. The Labute approximate surface area is 164 Å². The van der Waals surface area contributed by atoms with Gasteiger partial charge in [-0.25, -0.2) is 4.98 Å². The predicted octanol–water partition coefficient (Wildman–Crippen LogP) is 3.40. The standard InChI is InChI=1S/C22H26N4O2/c1-3-20(27)19-7-13(2)17(12-24-19)18-8-15-11-25-21(9-16(15)10-23-18)26-22(28)14-5-4-6-14/h7-12,14,19-20,24,27H,3-6H2,1-2H3,(H,25,26,28). The van der Waals surface area contributed by atoms with E-state index in [1.165, 1.54) is 0 Å². The monoisotopic (exact) mass is 378 g/mol. The van der Waals surface area contributed by atoms with Gasteiger partial charge in [0, 0.05) is 40.9 Å². The highest BCUT2D eigenvalue weighted by molar-refractivity contribution is 5.95. The molecule has 2 aliphatic rings. The van der Waals surface area contributed by atoms with Gasteiger partial charge in [-0.3, -0.25) is 9.78 Å². The number of pyridine rings is 2. The summed E-state index contributed by atoms with van der Waals surface area (Å²) in [4.78, 5) is 21.1. The van der Waals surface area contributed by atoms with Crippen molar-refractivity contribution >= 4 is 28.1 Å². The van der Waals surface area contributed by atoms with Crippen LogP contribution in [-0.4, -0.2) is 33.1 Å². The third kappa shape index (κ3) is 3.64. The Morgan fingerprint density at radius 2 is 2.04 bits per heavy atom.